The molecule has 0 unspecified atom stereocenters. The highest BCUT2D eigenvalue weighted by molar-refractivity contribution is 6.28. The number of aryl methyl sites for hydroxylation is 1. The molecule has 6 heteroatoms. The quantitative estimate of drug-likeness (QED) is 0.523. The summed E-state index contributed by atoms with van der Waals surface area (Å²) in [5.41, 5.74) is 7.15. The van der Waals surface area contributed by atoms with Gasteiger partial charge in [0.05, 0.1) is 11.6 Å². The first-order valence-electron chi connectivity index (χ1n) is 5.55. The van der Waals surface area contributed by atoms with Gasteiger partial charge >= 0.3 is 0 Å². The van der Waals surface area contributed by atoms with E-state index in [1.807, 2.05) is 31.2 Å². The second kappa shape index (κ2) is 5.64. The van der Waals surface area contributed by atoms with Crippen molar-refractivity contribution in [1.29, 1.82) is 0 Å². The SMILES string of the molecule is CCc1noc(-c2ccc(N=C(N)CCl)cc2)n1. The van der Waals surface area contributed by atoms with Crippen molar-refractivity contribution in [3.05, 3.63) is 30.1 Å². The highest BCUT2D eigenvalue weighted by atomic mass is 35.5. The molecule has 5 nitrogen and oxygen atoms in total. The molecule has 2 aromatic rings. The van der Waals surface area contributed by atoms with Crippen molar-refractivity contribution in [3.8, 4) is 11.5 Å². The number of halogens is 1. The Morgan fingerprint density at radius 2 is 2.11 bits per heavy atom. The van der Waals surface area contributed by atoms with E-state index in [-0.39, 0.29) is 5.88 Å². The van der Waals surface area contributed by atoms with Crippen molar-refractivity contribution < 1.29 is 4.52 Å². The van der Waals surface area contributed by atoms with Gasteiger partial charge in [0, 0.05) is 12.0 Å². The van der Waals surface area contributed by atoms with E-state index < -0.39 is 0 Å². The molecule has 1 aromatic heterocycles. The molecule has 1 aromatic carbocycles. The fourth-order valence-electron chi connectivity index (χ4n) is 1.39. The summed E-state index contributed by atoms with van der Waals surface area (Å²) in [7, 11) is 0. The van der Waals surface area contributed by atoms with E-state index in [2.05, 4.69) is 15.1 Å². The molecule has 18 heavy (non-hydrogen) atoms. The number of amidine groups is 1. The van der Waals surface area contributed by atoms with E-state index in [4.69, 9.17) is 21.9 Å². The van der Waals surface area contributed by atoms with Gasteiger partial charge in [0.2, 0.25) is 0 Å². The van der Waals surface area contributed by atoms with Crippen molar-refractivity contribution in [1.82, 2.24) is 10.1 Å². The molecule has 1 heterocycles. The van der Waals surface area contributed by atoms with Gasteiger partial charge in [0.25, 0.3) is 5.89 Å². The second-order valence-electron chi connectivity index (χ2n) is 3.65. The highest BCUT2D eigenvalue weighted by Crippen LogP contribution is 2.21. The van der Waals surface area contributed by atoms with Crippen LogP contribution in [0.1, 0.15) is 12.7 Å². The molecule has 0 aliphatic rings. The summed E-state index contributed by atoms with van der Waals surface area (Å²) in [6.45, 7) is 1.97. The van der Waals surface area contributed by atoms with Crippen LogP contribution in [0.3, 0.4) is 0 Å². The van der Waals surface area contributed by atoms with Gasteiger partial charge in [-0.25, -0.2) is 4.99 Å². The maximum atomic E-state index is 5.56. The summed E-state index contributed by atoms with van der Waals surface area (Å²) in [6.07, 6.45) is 0.748. The minimum Gasteiger partial charge on any atom is -0.386 e. The normalized spacial score (nSPS) is 11.8. The number of hydrogen-bond donors (Lipinski definition) is 1. The number of aliphatic imine (C=N–C) groups is 1. The Labute approximate surface area is 110 Å². The van der Waals surface area contributed by atoms with Gasteiger partial charge in [0.15, 0.2) is 5.82 Å². The summed E-state index contributed by atoms with van der Waals surface area (Å²) < 4.78 is 5.14. The first kappa shape index (κ1) is 12.6. The number of aromatic nitrogens is 2. The lowest BCUT2D eigenvalue weighted by atomic mass is 10.2. The van der Waals surface area contributed by atoms with Crippen LogP contribution < -0.4 is 5.73 Å². The molecule has 0 aliphatic carbocycles. The summed E-state index contributed by atoms with van der Waals surface area (Å²) in [4.78, 5) is 8.38. The summed E-state index contributed by atoms with van der Waals surface area (Å²) in [5.74, 6) is 1.80. The zero-order chi connectivity index (χ0) is 13.0. The Balaban J connectivity index is 2.22. The highest BCUT2D eigenvalue weighted by Gasteiger charge is 2.07. The lowest BCUT2D eigenvalue weighted by molar-refractivity contribution is 0.423. The van der Waals surface area contributed by atoms with Crippen LogP contribution in [0, 0.1) is 0 Å². The van der Waals surface area contributed by atoms with E-state index in [9.17, 15) is 0 Å². The number of nitrogens with zero attached hydrogens (tertiary/aromatic N) is 3. The van der Waals surface area contributed by atoms with Crippen LogP contribution in [0.2, 0.25) is 0 Å². The lowest BCUT2D eigenvalue weighted by Gasteiger charge is -1.97. The number of benzene rings is 1. The zero-order valence-electron chi connectivity index (χ0n) is 9.93. The van der Waals surface area contributed by atoms with Crippen LogP contribution in [0.25, 0.3) is 11.5 Å². The number of rotatable bonds is 4. The third kappa shape index (κ3) is 2.87. The van der Waals surface area contributed by atoms with Crippen molar-refractivity contribution in [2.45, 2.75) is 13.3 Å². The van der Waals surface area contributed by atoms with Crippen LogP contribution in [0.15, 0.2) is 33.8 Å². The Morgan fingerprint density at radius 1 is 1.39 bits per heavy atom. The van der Waals surface area contributed by atoms with E-state index in [1.165, 1.54) is 0 Å². The van der Waals surface area contributed by atoms with Gasteiger partial charge in [0.1, 0.15) is 5.84 Å². The maximum absolute atomic E-state index is 5.56. The van der Waals surface area contributed by atoms with Crippen molar-refractivity contribution in [3.63, 3.8) is 0 Å². The molecule has 0 bridgehead atoms. The molecule has 0 aliphatic heterocycles. The van der Waals surface area contributed by atoms with E-state index >= 15 is 0 Å². The molecule has 2 N–H and O–H groups in total. The average molecular weight is 265 g/mol. The van der Waals surface area contributed by atoms with Crippen LogP contribution in [0.4, 0.5) is 5.69 Å². The van der Waals surface area contributed by atoms with Crippen LogP contribution in [-0.2, 0) is 6.42 Å². The number of nitrogens with two attached hydrogens (primary N) is 1. The molecule has 0 saturated heterocycles. The number of alkyl halides is 1. The van der Waals surface area contributed by atoms with Gasteiger partial charge < -0.3 is 10.3 Å². The zero-order valence-corrected chi connectivity index (χ0v) is 10.7. The van der Waals surface area contributed by atoms with Gasteiger partial charge in [-0.1, -0.05) is 12.1 Å². The van der Waals surface area contributed by atoms with E-state index in [0.29, 0.717) is 17.6 Å². The van der Waals surface area contributed by atoms with Gasteiger partial charge in [-0.15, -0.1) is 11.6 Å². The molecule has 2 rings (SSSR count). The Hall–Kier alpha value is -1.88. The summed E-state index contributed by atoms with van der Waals surface area (Å²) >= 11 is 5.56. The molecule has 0 amide bonds. The summed E-state index contributed by atoms with van der Waals surface area (Å²) in [5, 5.41) is 3.84. The average Bonchev–Trinajstić information content (AvgIpc) is 2.88. The predicted molar refractivity (Wildman–Crippen MR) is 71.1 cm³/mol. The van der Waals surface area contributed by atoms with E-state index in [0.717, 1.165) is 17.7 Å². The standard InChI is InChI=1S/C12H13ClN4O/c1-2-11-16-12(18-17-11)8-3-5-9(6-4-8)15-10(14)7-13/h3-6H,2,7H2,1H3,(H2,14,15). The molecule has 0 saturated carbocycles. The van der Waals surface area contributed by atoms with Crippen molar-refractivity contribution >= 4 is 23.1 Å². The van der Waals surface area contributed by atoms with E-state index in [1.54, 1.807) is 0 Å². The third-order valence-electron chi connectivity index (χ3n) is 2.31. The van der Waals surface area contributed by atoms with Crippen LogP contribution in [0.5, 0.6) is 0 Å². The minimum atomic E-state index is 0.214. The largest absolute Gasteiger partial charge is 0.386 e. The van der Waals surface area contributed by atoms with Crippen LogP contribution >= 0.6 is 11.6 Å². The topological polar surface area (TPSA) is 77.3 Å². The third-order valence-corrected chi connectivity index (χ3v) is 2.58. The molecule has 0 radical (unpaired) electrons. The first-order valence-corrected chi connectivity index (χ1v) is 6.08. The monoisotopic (exact) mass is 264 g/mol. The summed E-state index contributed by atoms with van der Waals surface area (Å²) in [6, 6.07) is 7.36. The Bertz CT molecular complexity index is 547. The molecule has 94 valence electrons. The Morgan fingerprint density at radius 3 is 2.67 bits per heavy atom. The predicted octanol–water partition coefficient (Wildman–Crippen LogP) is 2.53. The van der Waals surface area contributed by atoms with Gasteiger partial charge in [-0.2, -0.15) is 4.98 Å². The van der Waals surface area contributed by atoms with Crippen molar-refractivity contribution in [2.24, 2.45) is 10.7 Å². The van der Waals surface area contributed by atoms with Crippen LogP contribution in [-0.4, -0.2) is 21.9 Å². The van der Waals surface area contributed by atoms with Gasteiger partial charge in [-0.3, -0.25) is 0 Å². The molecular formula is C12H13ClN4O. The maximum Gasteiger partial charge on any atom is 0.257 e. The minimum absolute atomic E-state index is 0.214. The molecule has 0 atom stereocenters. The fourth-order valence-corrected chi connectivity index (χ4v) is 1.45. The first-order chi connectivity index (χ1) is 8.72. The molecule has 0 fully saturated rings. The Kier molecular flexibility index (Phi) is 3.94. The molecular weight excluding hydrogens is 252 g/mol. The smallest absolute Gasteiger partial charge is 0.257 e. The van der Waals surface area contributed by atoms with Gasteiger partial charge in [-0.05, 0) is 24.3 Å². The second-order valence-corrected chi connectivity index (χ2v) is 3.92. The number of hydrogen-bond acceptors (Lipinski definition) is 4. The van der Waals surface area contributed by atoms with Crippen molar-refractivity contribution in [2.75, 3.05) is 5.88 Å². The lowest BCUT2D eigenvalue weighted by Crippen LogP contribution is -2.12. The fraction of sp³-hybridized carbons (Fsp3) is 0.250. The molecule has 0 spiro atoms.